The van der Waals surface area contributed by atoms with E-state index in [0.717, 1.165) is 0 Å². The summed E-state index contributed by atoms with van der Waals surface area (Å²) >= 11 is 2.00. The average Bonchev–Trinajstić information content (AvgIpc) is 1.00. The van der Waals surface area contributed by atoms with Crippen molar-refractivity contribution >= 4 is 38.6 Å². The summed E-state index contributed by atoms with van der Waals surface area (Å²) in [5.41, 5.74) is 0. The van der Waals surface area contributed by atoms with E-state index in [1.165, 1.54) is 0 Å². The first-order valence-electron chi connectivity index (χ1n) is 0.144. The van der Waals surface area contributed by atoms with Crippen LogP contribution in [0.2, 0.25) is 0 Å². The van der Waals surface area contributed by atoms with Gasteiger partial charge in [-0.05, 0) is 0 Å². The van der Waals surface area contributed by atoms with Gasteiger partial charge in [0.1, 0.15) is 0 Å². The molecule has 0 saturated heterocycles. The molecule has 0 heterocycles. The smallest absolute Gasteiger partial charge is 0 e. The molecule has 0 aromatic rings. The largest absolute Gasteiger partial charge is 0 e. The molecule has 1 nitrogen and oxygen atoms in total. The minimum absolute atomic E-state index is 0. The second-order valence-corrected chi connectivity index (χ2v) is 0. The molecule has 0 spiro atoms. The molecule has 5 heteroatoms. The SMILES string of the molecule is Cl.[BiH3].[O]=[Fe].[Ti]. The van der Waals surface area contributed by atoms with Crippen LogP contribution in [0.5, 0.6) is 0 Å². The summed E-state index contributed by atoms with van der Waals surface area (Å²) in [6.45, 7) is 0. The molecule has 0 bridgehead atoms. The van der Waals surface area contributed by atoms with Gasteiger partial charge in [0.15, 0.2) is 0 Å². The van der Waals surface area contributed by atoms with Gasteiger partial charge in [-0.15, -0.1) is 12.4 Å². The molecule has 0 rings (SSSR count). The van der Waals surface area contributed by atoms with E-state index < -0.39 is 0 Å². The van der Waals surface area contributed by atoms with Gasteiger partial charge in [-0.1, -0.05) is 0 Å². The van der Waals surface area contributed by atoms with E-state index >= 15 is 0 Å². The maximum atomic E-state index is 8.00. The Hall–Kier alpha value is 2.21. The first-order chi connectivity index (χ1) is 1.00. The summed E-state index contributed by atoms with van der Waals surface area (Å²) in [6.07, 6.45) is 0. The zero-order chi connectivity index (χ0) is 2.00. The van der Waals surface area contributed by atoms with Crippen molar-refractivity contribution in [1.82, 2.24) is 0 Å². The number of hydrogen-bond acceptors (Lipinski definition) is 1. The summed E-state index contributed by atoms with van der Waals surface area (Å²) in [5.74, 6) is 0. The number of rotatable bonds is 0. The monoisotopic (exact) mass is 368 g/mol. The Balaban J connectivity index is -0.00000000167. The van der Waals surface area contributed by atoms with Crippen molar-refractivity contribution in [2.24, 2.45) is 0 Å². The molecule has 0 fully saturated rings. The molecule has 0 N–H and O–H groups in total. The van der Waals surface area contributed by atoms with Gasteiger partial charge >= 0.3 is 46.0 Å². The van der Waals surface area contributed by atoms with Crippen molar-refractivity contribution in [2.45, 2.75) is 0 Å². The number of hydrogen-bond donors (Lipinski definition) is 0. The Morgan fingerprint density at radius 1 is 1.20 bits per heavy atom. The fraction of sp³-hybridized carbons (Fsp3) is 0. The second-order valence-electron chi connectivity index (χ2n) is 0. The first-order valence-corrected chi connectivity index (χ1v) is 0.595. The van der Waals surface area contributed by atoms with Gasteiger partial charge < -0.3 is 0 Å². The minimum Gasteiger partial charge on any atom is 0 e. The summed E-state index contributed by atoms with van der Waals surface area (Å²) in [5, 5.41) is 0. The van der Waals surface area contributed by atoms with E-state index in [1.807, 2.05) is 15.9 Å². The summed E-state index contributed by atoms with van der Waals surface area (Å²) in [7, 11) is 0. The average molecular weight is 368 g/mol. The van der Waals surface area contributed by atoms with Gasteiger partial charge in [0.25, 0.3) is 0 Å². The minimum atomic E-state index is 0. The zero-order valence-electron chi connectivity index (χ0n) is 2.38. The molecular weight excluding hydrogens is 364 g/mol. The topological polar surface area (TPSA) is 17.1 Å². The van der Waals surface area contributed by atoms with E-state index in [-0.39, 0.29) is 60.3 Å². The van der Waals surface area contributed by atoms with E-state index in [9.17, 15) is 0 Å². The normalized spacial score (nSPS) is 1.00. The molecule has 5 heavy (non-hydrogen) atoms. The third-order valence-corrected chi connectivity index (χ3v) is 0. The third-order valence-electron chi connectivity index (χ3n) is 0. The van der Waals surface area contributed by atoms with Crippen LogP contribution in [0.1, 0.15) is 0 Å². The van der Waals surface area contributed by atoms with Gasteiger partial charge in [0.2, 0.25) is 0 Å². The quantitative estimate of drug-likeness (QED) is 0.508. The molecule has 0 aliphatic carbocycles. The molecule has 0 aromatic heterocycles. The van der Waals surface area contributed by atoms with Crippen molar-refractivity contribution in [3.05, 3.63) is 0 Å². The van der Waals surface area contributed by atoms with Gasteiger partial charge in [-0.25, -0.2) is 0 Å². The fourth-order valence-corrected chi connectivity index (χ4v) is 0. The Morgan fingerprint density at radius 3 is 1.20 bits per heavy atom. The predicted molar refractivity (Wildman–Crippen MR) is 17.9 cm³/mol. The van der Waals surface area contributed by atoms with Crippen LogP contribution in [0.15, 0.2) is 0 Å². The van der Waals surface area contributed by atoms with Gasteiger partial charge in [0.05, 0.1) is 0 Å². The fourth-order valence-electron chi connectivity index (χ4n) is 0. The second kappa shape index (κ2) is 34.6. The maximum Gasteiger partial charge on any atom is 0 e. The summed E-state index contributed by atoms with van der Waals surface area (Å²) < 4.78 is 8.00. The molecular formula is H4BiClFeOTi. The molecule has 0 aliphatic rings. The van der Waals surface area contributed by atoms with Crippen LogP contribution in [0.25, 0.3) is 0 Å². The predicted octanol–water partition coefficient (Wildman–Crippen LogP) is -0.886. The van der Waals surface area contributed by atoms with Crippen molar-refractivity contribution < 1.29 is 41.5 Å². The molecule has 34 valence electrons. The Kier molecular flexibility index (Phi) is 187. The molecule has 0 radical (unpaired) electrons. The van der Waals surface area contributed by atoms with E-state index in [1.54, 1.807) is 0 Å². The van der Waals surface area contributed by atoms with Crippen LogP contribution in [0.4, 0.5) is 0 Å². The summed E-state index contributed by atoms with van der Waals surface area (Å²) in [4.78, 5) is 0. The van der Waals surface area contributed by atoms with E-state index in [4.69, 9.17) is 3.83 Å². The van der Waals surface area contributed by atoms with E-state index in [0.29, 0.717) is 0 Å². The van der Waals surface area contributed by atoms with Gasteiger partial charge in [0, 0.05) is 21.7 Å². The van der Waals surface area contributed by atoms with Crippen molar-refractivity contribution in [2.75, 3.05) is 0 Å². The molecule has 0 aromatic carbocycles. The molecule has 0 amide bonds. The maximum absolute atomic E-state index is 8.00. The molecule has 0 atom stereocenters. The summed E-state index contributed by atoms with van der Waals surface area (Å²) in [6, 6.07) is 0. The third kappa shape index (κ3) is 22.6. The van der Waals surface area contributed by atoms with E-state index in [2.05, 4.69) is 0 Å². The van der Waals surface area contributed by atoms with Crippen molar-refractivity contribution in [3.8, 4) is 0 Å². The van der Waals surface area contributed by atoms with Crippen LogP contribution in [-0.2, 0) is 41.5 Å². The van der Waals surface area contributed by atoms with Crippen LogP contribution < -0.4 is 0 Å². The van der Waals surface area contributed by atoms with Crippen LogP contribution >= 0.6 is 12.4 Å². The molecule has 0 unspecified atom stereocenters. The van der Waals surface area contributed by atoms with Crippen LogP contribution in [-0.4, -0.2) is 26.2 Å². The van der Waals surface area contributed by atoms with Crippen LogP contribution in [0.3, 0.4) is 0 Å². The standard InChI is InChI=1S/Bi.ClH.Fe.O.Ti.3H/h;1H;;;;;;. The molecule has 0 saturated carbocycles. The Bertz CT molecular complexity index is 11.6. The zero-order valence-corrected chi connectivity index (χ0v) is 11.4. The van der Waals surface area contributed by atoms with Crippen molar-refractivity contribution in [3.63, 3.8) is 0 Å². The van der Waals surface area contributed by atoms with Crippen LogP contribution in [0, 0.1) is 0 Å². The first kappa shape index (κ1) is 27.0. The van der Waals surface area contributed by atoms with Gasteiger partial charge in [-0.3, -0.25) is 0 Å². The Morgan fingerprint density at radius 2 is 1.20 bits per heavy atom. The molecule has 0 aliphatic heterocycles. The Labute approximate surface area is 79.1 Å². The van der Waals surface area contributed by atoms with Crippen molar-refractivity contribution in [1.29, 1.82) is 0 Å². The van der Waals surface area contributed by atoms with Gasteiger partial charge in [-0.2, -0.15) is 0 Å². The number of halogens is 1.